The number of hydrogen-bond donors (Lipinski definition) is 4. The minimum absolute atomic E-state index is 0.108. The topological polar surface area (TPSA) is 102 Å². The van der Waals surface area contributed by atoms with Gasteiger partial charge in [-0.1, -0.05) is 68.4 Å². The fourth-order valence-corrected chi connectivity index (χ4v) is 4.39. The van der Waals surface area contributed by atoms with Gasteiger partial charge in [-0.15, -0.1) is 0 Å². The molecule has 0 aliphatic carbocycles. The van der Waals surface area contributed by atoms with Crippen LogP contribution < -0.4 is 10.6 Å². The van der Waals surface area contributed by atoms with Crippen molar-refractivity contribution in [2.45, 2.75) is 58.1 Å². The lowest BCUT2D eigenvalue weighted by Crippen LogP contribution is -2.57. The normalized spacial score (nSPS) is 17.2. The number of benzene rings is 2. The number of nitrogens with zero attached hydrogens (tertiary/aromatic N) is 1. The quantitative estimate of drug-likeness (QED) is 0.463. The third-order valence-electron chi connectivity index (χ3n) is 6.17. The lowest BCUT2D eigenvalue weighted by Gasteiger charge is -2.36. The number of fused-ring (bicyclic) bond motifs is 1. The molecular formula is C25H34BN3O4. The molecule has 0 radical (unpaired) electrons. The zero-order valence-electron chi connectivity index (χ0n) is 19.6. The van der Waals surface area contributed by atoms with Crippen LogP contribution in [0.15, 0.2) is 54.6 Å². The highest BCUT2D eigenvalue weighted by atomic mass is 16.4. The van der Waals surface area contributed by atoms with Gasteiger partial charge in [0.1, 0.15) is 6.04 Å². The van der Waals surface area contributed by atoms with E-state index < -0.39 is 25.0 Å². The molecule has 0 aromatic heterocycles. The lowest BCUT2D eigenvalue weighted by molar-refractivity contribution is -0.123. The summed E-state index contributed by atoms with van der Waals surface area (Å²) in [6, 6.07) is 16.3. The van der Waals surface area contributed by atoms with Crippen molar-refractivity contribution in [2.24, 2.45) is 5.92 Å². The summed E-state index contributed by atoms with van der Waals surface area (Å²) in [6.45, 7) is 6.44. The molecule has 2 aromatic rings. The van der Waals surface area contributed by atoms with Crippen molar-refractivity contribution < 1.29 is 19.6 Å². The highest BCUT2D eigenvalue weighted by Gasteiger charge is 2.33. The Morgan fingerprint density at radius 1 is 1.06 bits per heavy atom. The predicted octanol–water partition coefficient (Wildman–Crippen LogP) is 2.47. The molecule has 1 unspecified atom stereocenters. The van der Waals surface area contributed by atoms with Crippen molar-refractivity contribution in [3.63, 3.8) is 0 Å². The predicted molar refractivity (Wildman–Crippen MR) is 129 cm³/mol. The summed E-state index contributed by atoms with van der Waals surface area (Å²) in [4.78, 5) is 28.2. The second-order valence-corrected chi connectivity index (χ2v) is 9.17. The molecule has 176 valence electrons. The van der Waals surface area contributed by atoms with Gasteiger partial charge in [-0.05, 0) is 42.4 Å². The molecular weight excluding hydrogens is 417 g/mol. The van der Waals surface area contributed by atoms with E-state index in [-0.39, 0.29) is 18.0 Å². The van der Waals surface area contributed by atoms with Gasteiger partial charge in [0.05, 0.1) is 12.0 Å². The Labute approximate surface area is 196 Å². The van der Waals surface area contributed by atoms with E-state index >= 15 is 0 Å². The van der Waals surface area contributed by atoms with Gasteiger partial charge in [0.2, 0.25) is 5.91 Å². The van der Waals surface area contributed by atoms with Crippen molar-refractivity contribution in [1.29, 1.82) is 0 Å². The van der Waals surface area contributed by atoms with Crippen LogP contribution in [-0.2, 0) is 17.6 Å². The van der Waals surface area contributed by atoms with Crippen LogP contribution in [0.25, 0.3) is 0 Å². The van der Waals surface area contributed by atoms with Gasteiger partial charge in [0, 0.05) is 13.0 Å². The highest BCUT2D eigenvalue weighted by Crippen LogP contribution is 2.29. The van der Waals surface area contributed by atoms with Gasteiger partial charge in [0.15, 0.2) is 0 Å². The molecule has 3 atom stereocenters. The van der Waals surface area contributed by atoms with Crippen LogP contribution >= 0.6 is 0 Å². The zero-order valence-corrected chi connectivity index (χ0v) is 19.6. The van der Waals surface area contributed by atoms with E-state index in [0.29, 0.717) is 19.4 Å². The SMILES string of the molecule is CC(C)C[C@H](NC(=O)[C@H](Cc1ccccc1)NC(=O)N1CCc2ccccc2C1C)B(O)O. The van der Waals surface area contributed by atoms with E-state index in [4.69, 9.17) is 0 Å². The first kappa shape index (κ1) is 24.8. The molecule has 4 N–H and O–H groups in total. The molecule has 0 bridgehead atoms. The molecule has 0 saturated carbocycles. The largest absolute Gasteiger partial charge is 0.475 e. The summed E-state index contributed by atoms with van der Waals surface area (Å²) in [5.74, 6) is -1.09. The van der Waals surface area contributed by atoms with Gasteiger partial charge in [-0.25, -0.2) is 4.79 Å². The Kier molecular flexibility index (Phi) is 8.52. The molecule has 0 fully saturated rings. The van der Waals surface area contributed by atoms with Crippen molar-refractivity contribution in [1.82, 2.24) is 15.5 Å². The number of urea groups is 1. The van der Waals surface area contributed by atoms with E-state index in [9.17, 15) is 19.6 Å². The average Bonchev–Trinajstić information content (AvgIpc) is 2.78. The standard InChI is InChI=1S/C25H34BN3O4/c1-17(2)15-23(26(32)33)28-24(30)22(16-19-9-5-4-6-10-19)27-25(31)29-14-13-20-11-7-8-12-21(20)18(29)3/h4-12,17-18,22-23,32-33H,13-16H2,1-3H3,(H,27,31)(H,28,30)/t18?,22-,23-/m0/s1. The first-order valence-electron chi connectivity index (χ1n) is 11.6. The molecule has 8 heteroatoms. The van der Waals surface area contributed by atoms with Gasteiger partial charge in [-0.3, -0.25) is 4.79 Å². The van der Waals surface area contributed by atoms with E-state index in [1.54, 1.807) is 4.90 Å². The smallest absolute Gasteiger partial charge is 0.426 e. The number of hydrogen-bond acceptors (Lipinski definition) is 4. The van der Waals surface area contributed by atoms with Crippen molar-refractivity contribution in [3.05, 3.63) is 71.3 Å². The number of rotatable bonds is 8. The third kappa shape index (κ3) is 6.59. The Morgan fingerprint density at radius 3 is 2.39 bits per heavy atom. The monoisotopic (exact) mass is 451 g/mol. The lowest BCUT2D eigenvalue weighted by atomic mass is 9.75. The Morgan fingerprint density at radius 2 is 1.73 bits per heavy atom. The molecule has 7 nitrogen and oxygen atoms in total. The van der Waals surface area contributed by atoms with Gasteiger partial charge in [0.25, 0.3) is 0 Å². The van der Waals surface area contributed by atoms with Gasteiger partial charge < -0.3 is 25.6 Å². The molecule has 3 amide bonds. The maximum Gasteiger partial charge on any atom is 0.475 e. The third-order valence-corrected chi connectivity index (χ3v) is 6.17. The van der Waals surface area contributed by atoms with E-state index in [2.05, 4.69) is 16.7 Å². The molecule has 3 rings (SSSR count). The summed E-state index contributed by atoms with van der Waals surface area (Å²) < 4.78 is 0. The van der Waals surface area contributed by atoms with Crippen molar-refractivity contribution >= 4 is 19.1 Å². The van der Waals surface area contributed by atoms with Crippen LogP contribution in [0.4, 0.5) is 4.79 Å². The van der Waals surface area contributed by atoms with Crippen molar-refractivity contribution in [2.75, 3.05) is 6.54 Å². The Balaban J connectivity index is 1.76. The van der Waals surface area contributed by atoms with E-state index in [0.717, 1.165) is 17.5 Å². The van der Waals surface area contributed by atoms with Crippen LogP contribution in [0, 0.1) is 5.92 Å². The summed E-state index contributed by atoms with van der Waals surface area (Å²) in [5, 5.41) is 25.1. The average molecular weight is 451 g/mol. The van der Waals surface area contributed by atoms with Crippen LogP contribution in [0.5, 0.6) is 0 Å². The van der Waals surface area contributed by atoms with Gasteiger partial charge in [-0.2, -0.15) is 0 Å². The van der Waals surface area contributed by atoms with Crippen LogP contribution in [0.3, 0.4) is 0 Å². The first-order valence-corrected chi connectivity index (χ1v) is 11.6. The van der Waals surface area contributed by atoms with E-state index in [1.165, 1.54) is 5.56 Å². The van der Waals surface area contributed by atoms with E-state index in [1.807, 2.05) is 69.3 Å². The maximum absolute atomic E-state index is 13.3. The minimum Gasteiger partial charge on any atom is -0.426 e. The molecule has 1 aliphatic rings. The maximum atomic E-state index is 13.3. The molecule has 33 heavy (non-hydrogen) atoms. The summed E-state index contributed by atoms with van der Waals surface area (Å²) in [5.41, 5.74) is 3.25. The van der Waals surface area contributed by atoms with Crippen molar-refractivity contribution in [3.8, 4) is 0 Å². The minimum atomic E-state index is -1.68. The number of carbonyl (C=O) groups is 2. The molecule has 2 aromatic carbocycles. The zero-order chi connectivity index (χ0) is 24.0. The number of carbonyl (C=O) groups excluding carboxylic acids is 2. The fourth-order valence-electron chi connectivity index (χ4n) is 4.39. The summed E-state index contributed by atoms with van der Waals surface area (Å²) in [6.07, 6.45) is 1.47. The molecule has 1 heterocycles. The highest BCUT2D eigenvalue weighted by molar-refractivity contribution is 6.43. The first-order chi connectivity index (χ1) is 15.8. The van der Waals surface area contributed by atoms with Crippen LogP contribution in [0.2, 0.25) is 0 Å². The second-order valence-electron chi connectivity index (χ2n) is 9.17. The number of nitrogens with one attached hydrogen (secondary N) is 2. The fraction of sp³-hybridized carbons (Fsp3) is 0.440. The van der Waals surface area contributed by atoms with Crippen LogP contribution in [0.1, 0.15) is 49.9 Å². The summed E-state index contributed by atoms with van der Waals surface area (Å²) in [7, 11) is -1.68. The molecule has 0 saturated heterocycles. The second kappa shape index (κ2) is 11.3. The van der Waals surface area contributed by atoms with Crippen LogP contribution in [-0.4, -0.2) is 52.5 Å². The Bertz CT molecular complexity index is 938. The summed E-state index contributed by atoms with van der Waals surface area (Å²) >= 11 is 0. The Hall–Kier alpha value is -2.84. The molecule has 1 aliphatic heterocycles. The number of amides is 3. The molecule has 0 spiro atoms. The van der Waals surface area contributed by atoms with Gasteiger partial charge >= 0.3 is 13.1 Å².